The molecule has 0 aliphatic heterocycles. The highest BCUT2D eigenvalue weighted by atomic mass is 19.1. The lowest BCUT2D eigenvalue weighted by Gasteiger charge is -2.14. The van der Waals surface area contributed by atoms with E-state index in [4.69, 9.17) is 4.74 Å². The number of ether oxygens (including phenoxy) is 1. The summed E-state index contributed by atoms with van der Waals surface area (Å²) in [6.07, 6.45) is -0.904. The zero-order valence-corrected chi connectivity index (χ0v) is 10.7. The van der Waals surface area contributed by atoms with Gasteiger partial charge in [-0.05, 0) is 43.7 Å². The number of hydrogen-bond donors (Lipinski definition) is 1. The van der Waals surface area contributed by atoms with E-state index in [2.05, 4.69) is 0 Å². The highest BCUT2D eigenvalue weighted by molar-refractivity contribution is 5.40. The maximum Gasteiger partial charge on any atom is 0.168 e. The van der Waals surface area contributed by atoms with E-state index < -0.39 is 17.7 Å². The van der Waals surface area contributed by atoms with E-state index >= 15 is 0 Å². The fourth-order valence-electron chi connectivity index (χ4n) is 1.76. The summed E-state index contributed by atoms with van der Waals surface area (Å²) in [5, 5.41) is 9.59. The predicted octanol–water partition coefficient (Wildman–Crippen LogP) is 4.12. The van der Waals surface area contributed by atoms with Crippen molar-refractivity contribution < 1.29 is 18.6 Å². The Morgan fingerprint density at radius 2 is 1.84 bits per heavy atom. The van der Waals surface area contributed by atoms with Gasteiger partial charge in [-0.3, -0.25) is 0 Å². The number of aryl methyl sites for hydroxylation is 1. The van der Waals surface area contributed by atoms with Crippen LogP contribution in [0.3, 0.4) is 0 Å². The van der Waals surface area contributed by atoms with Crippen molar-refractivity contribution in [3.63, 3.8) is 0 Å². The molecular formula is C15H14F2O2. The minimum absolute atomic E-state index is 0.0495. The summed E-state index contributed by atoms with van der Waals surface area (Å²) in [4.78, 5) is 0. The molecule has 2 nitrogen and oxygen atoms in total. The molecule has 2 aromatic carbocycles. The summed E-state index contributed by atoms with van der Waals surface area (Å²) >= 11 is 0. The monoisotopic (exact) mass is 264 g/mol. The second kappa shape index (κ2) is 5.36. The first-order valence-corrected chi connectivity index (χ1v) is 5.89. The average molecular weight is 264 g/mol. The molecule has 0 bridgehead atoms. The molecule has 0 aromatic heterocycles. The number of halogens is 2. The Kier molecular flexibility index (Phi) is 3.81. The van der Waals surface area contributed by atoms with Gasteiger partial charge in [-0.1, -0.05) is 12.1 Å². The second-order valence-electron chi connectivity index (χ2n) is 4.35. The predicted molar refractivity (Wildman–Crippen MR) is 68.2 cm³/mol. The summed E-state index contributed by atoms with van der Waals surface area (Å²) in [5.74, 6) is -0.661. The zero-order valence-electron chi connectivity index (χ0n) is 10.7. The Hall–Kier alpha value is -1.94. The summed E-state index contributed by atoms with van der Waals surface area (Å²) in [5.41, 5.74) is 0.735. The quantitative estimate of drug-likeness (QED) is 0.903. The van der Waals surface area contributed by atoms with Gasteiger partial charge in [0.15, 0.2) is 11.6 Å². The lowest BCUT2D eigenvalue weighted by atomic mass is 10.1. The molecule has 0 aliphatic carbocycles. The van der Waals surface area contributed by atoms with Crippen LogP contribution in [0.15, 0.2) is 36.4 Å². The first-order chi connectivity index (χ1) is 8.99. The smallest absolute Gasteiger partial charge is 0.168 e. The summed E-state index contributed by atoms with van der Waals surface area (Å²) in [6, 6.07) is 8.53. The van der Waals surface area contributed by atoms with Crippen LogP contribution in [-0.2, 0) is 0 Å². The highest BCUT2D eigenvalue weighted by Gasteiger charge is 2.14. The molecule has 100 valence electrons. The number of rotatable bonds is 3. The van der Waals surface area contributed by atoms with Gasteiger partial charge >= 0.3 is 0 Å². The number of aliphatic hydroxyl groups is 1. The molecule has 2 aromatic rings. The minimum Gasteiger partial charge on any atom is -0.454 e. The van der Waals surface area contributed by atoms with Crippen molar-refractivity contribution in [3.05, 3.63) is 59.2 Å². The van der Waals surface area contributed by atoms with Crippen LogP contribution in [0.4, 0.5) is 8.78 Å². The molecule has 0 saturated heterocycles. The third-order valence-corrected chi connectivity index (χ3v) is 2.80. The Morgan fingerprint density at radius 1 is 1.11 bits per heavy atom. The Bertz CT molecular complexity index is 595. The van der Waals surface area contributed by atoms with Gasteiger partial charge in [-0.25, -0.2) is 8.78 Å². The molecule has 0 unspecified atom stereocenters. The molecule has 4 heteroatoms. The third-order valence-electron chi connectivity index (χ3n) is 2.80. The average Bonchev–Trinajstić information content (AvgIpc) is 2.36. The fraction of sp³-hybridized carbons (Fsp3) is 0.200. The van der Waals surface area contributed by atoms with Crippen LogP contribution < -0.4 is 4.74 Å². The van der Waals surface area contributed by atoms with Crippen molar-refractivity contribution in [3.8, 4) is 11.5 Å². The maximum absolute atomic E-state index is 13.8. The van der Waals surface area contributed by atoms with Crippen molar-refractivity contribution in [1.29, 1.82) is 0 Å². The second-order valence-corrected chi connectivity index (χ2v) is 4.35. The SMILES string of the molecule is Cc1cccc(Oc2ccc(F)cc2[C@H](C)O)c1F. The Balaban J connectivity index is 2.41. The van der Waals surface area contributed by atoms with Crippen LogP contribution in [0.5, 0.6) is 11.5 Å². The van der Waals surface area contributed by atoms with E-state index in [1.807, 2.05) is 0 Å². The zero-order chi connectivity index (χ0) is 14.0. The molecule has 0 amide bonds. The standard InChI is InChI=1S/C15H14F2O2/c1-9-4-3-5-14(15(9)17)19-13-7-6-11(16)8-12(13)10(2)18/h3-8,10,18H,1-2H3/t10-/m0/s1. The molecule has 2 rings (SSSR count). The van der Waals surface area contributed by atoms with Crippen LogP contribution in [0, 0.1) is 18.6 Å². The number of hydrogen-bond acceptors (Lipinski definition) is 2. The third kappa shape index (κ3) is 2.90. The molecular weight excluding hydrogens is 250 g/mol. The summed E-state index contributed by atoms with van der Waals surface area (Å²) < 4.78 is 32.4. The molecule has 1 atom stereocenters. The normalized spacial score (nSPS) is 12.3. The molecule has 0 aliphatic rings. The molecule has 0 fully saturated rings. The van der Waals surface area contributed by atoms with E-state index in [0.717, 1.165) is 0 Å². The van der Waals surface area contributed by atoms with Gasteiger partial charge in [0.05, 0.1) is 6.10 Å². The van der Waals surface area contributed by atoms with Gasteiger partial charge in [0.2, 0.25) is 0 Å². The Morgan fingerprint density at radius 3 is 2.53 bits per heavy atom. The molecule has 0 spiro atoms. The van der Waals surface area contributed by atoms with Gasteiger partial charge in [0.1, 0.15) is 11.6 Å². The molecule has 0 heterocycles. The van der Waals surface area contributed by atoms with E-state index in [9.17, 15) is 13.9 Å². The van der Waals surface area contributed by atoms with E-state index in [-0.39, 0.29) is 17.1 Å². The van der Waals surface area contributed by atoms with Gasteiger partial charge in [0.25, 0.3) is 0 Å². The van der Waals surface area contributed by atoms with Crippen LogP contribution in [0.25, 0.3) is 0 Å². The topological polar surface area (TPSA) is 29.5 Å². The first kappa shape index (κ1) is 13.5. The van der Waals surface area contributed by atoms with E-state index in [0.29, 0.717) is 5.56 Å². The van der Waals surface area contributed by atoms with Gasteiger partial charge < -0.3 is 9.84 Å². The van der Waals surface area contributed by atoms with Crippen LogP contribution in [0.1, 0.15) is 24.2 Å². The van der Waals surface area contributed by atoms with E-state index in [1.165, 1.54) is 31.2 Å². The molecule has 0 radical (unpaired) electrons. The minimum atomic E-state index is -0.904. The summed E-state index contributed by atoms with van der Waals surface area (Å²) in [7, 11) is 0. The molecule has 1 N–H and O–H groups in total. The van der Waals surface area contributed by atoms with Crippen molar-refractivity contribution in [1.82, 2.24) is 0 Å². The van der Waals surface area contributed by atoms with Crippen molar-refractivity contribution in [2.24, 2.45) is 0 Å². The van der Waals surface area contributed by atoms with Crippen LogP contribution in [-0.4, -0.2) is 5.11 Å². The fourth-order valence-corrected chi connectivity index (χ4v) is 1.76. The highest BCUT2D eigenvalue weighted by Crippen LogP contribution is 2.32. The lowest BCUT2D eigenvalue weighted by Crippen LogP contribution is -1.98. The number of aliphatic hydroxyl groups excluding tert-OH is 1. The lowest BCUT2D eigenvalue weighted by molar-refractivity contribution is 0.195. The molecule has 0 saturated carbocycles. The van der Waals surface area contributed by atoms with E-state index in [1.54, 1.807) is 19.1 Å². The first-order valence-electron chi connectivity index (χ1n) is 5.89. The Labute approximate surface area is 110 Å². The van der Waals surface area contributed by atoms with Crippen LogP contribution >= 0.6 is 0 Å². The maximum atomic E-state index is 13.8. The van der Waals surface area contributed by atoms with Gasteiger partial charge in [-0.15, -0.1) is 0 Å². The largest absolute Gasteiger partial charge is 0.454 e. The molecule has 19 heavy (non-hydrogen) atoms. The van der Waals surface area contributed by atoms with Crippen molar-refractivity contribution in [2.75, 3.05) is 0 Å². The van der Waals surface area contributed by atoms with Gasteiger partial charge in [0, 0.05) is 5.56 Å². The summed E-state index contributed by atoms with van der Waals surface area (Å²) in [6.45, 7) is 3.12. The van der Waals surface area contributed by atoms with Gasteiger partial charge in [-0.2, -0.15) is 0 Å². The number of benzene rings is 2. The van der Waals surface area contributed by atoms with Crippen molar-refractivity contribution >= 4 is 0 Å². The van der Waals surface area contributed by atoms with Crippen molar-refractivity contribution in [2.45, 2.75) is 20.0 Å². The van der Waals surface area contributed by atoms with Crippen LogP contribution in [0.2, 0.25) is 0 Å².